The minimum Gasteiger partial charge on any atom is -0.325 e. The molecule has 2 heterocycles. The molecule has 1 aromatic rings. The van der Waals surface area contributed by atoms with Gasteiger partial charge < -0.3 is 10.6 Å². The van der Waals surface area contributed by atoms with Gasteiger partial charge in [-0.25, -0.2) is 0 Å². The van der Waals surface area contributed by atoms with Gasteiger partial charge in [0.15, 0.2) is 0 Å². The maximum absolute atomic E-state index is 12.4. The number of aryl methyl sites for hydroxylation is 2. The third-order valence-corrected chi connectivity index (χ3v) is 6.05. The number of anilines is 1. The fraction of sp³-hybridized carbons (Fsp3) is 0.650. The SMILES string of the molecule is O=C(CN1CCC(C2CCCN2)CC1)Nc1ccc2c(c1)CCC2. The quantitative estimate of drug-likeness (QED) is 0.893. The van der Waals surface area contributed by atoms with Crippen LogP contribution in [-0.2, 0) is 17.6 Å². The molecule has 1 unspecified atom stereocenters. The van der Waals surface area contributed by atoms with Gasteiger partial charge in [-0.05, 0) is 93.8 Å². The molecule has 0 aromatic heterocycles. The van der Waals surface area contributed by atoms with Crippen molar-refractivity contribution < 1.29 is 4.79 Å². The Labute approximate surface area is 145 Å². The number of nitrogens with zero attached hydrogens (tertiary/aromatic N) is 1. The second-order valence-electron chi connectivity index (χ2n) is 7.70. The van der Waals surface area contributed by atoms with E-state index < -0.39 is 0 Å². The Morgan fingerprint density at radius 1 is 1.12 bits per heavy atom. The van der Waals surface area contributed by atoms with Gasteiger partial charge >= 0.3 is 0 Å². The van der Waals surface area contributed by atoms with Crippen molar-refractivity contribution in [3.63, 3.8) is 0 Å². The zero-order chi connectivity index (χ0) is 16.4. The molecule has 2 aliphatic heterocycles. The third-order valence-electron chi connectivity index (χ3n) is 6.05. The standard InChI is InChI=1S/C20H29N3O/c24-20(22-18-7-6-15-3-1-4-17(15)13-18)14-23-11-8-16(9-12-23)19-5-2-10-21-19/h6-7,13,16,19,21H,1-5,8-12,14H2,(H,22,24). The summed E-state index contributed by atoms with van der Waals surface area (Å²) in [6, 6.07) is 7.13. The number of fused-ring (bicyclic) bond motifs is 1. The maximum atomic E-state index is 12.4. The predicted molar refractivity (Wildman–Crippen MR) is 97.3 cm³/mol. The van der Waals surface area contributed by atoms with E-state index in [2.05, 4.69) is 33.7 Å². The van der Waals surface area contributed by atoms with Gasteiger partial charge in [-0.15, -0.1) is 0 Å². The molecule has 0 bridgehead atoms. The van der Waals surface area contributed by atoms with E-state index in [1.165, 1.54) is 56.2 Å². The van der Waals surface area contributed by atoms with Gasteiger partial charge in [0.1, 0.15) is 0 Å². The van der Waals surface area contributed by atoms with E-state index in [9.17, 15) is 4.79 Å². The molecule has 2 fully saturated rings. The molecule has 1 atom stereocenters. The van der Waals surface area contributed by atoms with E-state index >= 15 is 0 Å². The van der Waals surface area contributed by atoms with Gasteiger partial charge in [0.25, 0.3) is 0 Å². The van der Waals surface area contributed by atoms with Crippen molar-refractivity contribution in [2.24, 2.45) is 5.92 Å². The second kappa shape index (κ2) is 7.24. The van der Waals surface area contributed by atoms with Crippen molar-refractivity contribution in [1.82, 2.24) is 10.2 Å². The lowest BCUT2D eigenvalue weighted by Gasteiger charge is -2.34. The smallest absolute Gasteiger partial charge is 0.238 e. The molecule has 0 spiro atoms. The summed E-state index contributed by atoms with van der Waals surface area (Å²) >= 11 is 0. The zero-order valence-electron chi connectivity index (χ0n) is 14.5. The van der Waals surface area contributed by atoms with Gasteiger partial charge in [0.2, 0.25) is 5.91 Å². The number of amides is 1. The van der Waals surface area contributed by atoms with Gasteiger partial charge in [-0.1, -0.05) is 6.07 Å². The fourth-order valence-corrected chi connectivity index (χ4v) is 4.68. The lowest BCUT2D eigenvalue weighted by molar-refractivity contribution is -0.117. The first-order valence-electron chi connectivity index (χ1n) is 9.65. The van der Waals surface area contributed by atoms with Crippen LogP contribution in [-0.4, -0.2) is 43.0 Å². The van der Waals surface area contributed by atoms with Crippen molar-refractivity contribution in [1.29, 1.82) is 0 Å². The lowest BCUT2D eigenvalue weighted by Crippen LogP contribution is -2.43. The highest BCUT2D eigenvalue weighted by molar-refractivity contribution is 5.92. The van der Waals surface area contributed by atoms with Gasteiger partial charge in [0, 0.05) is 11.7 Å². The van der Waals surface area contributed by atoms with Crippen LogP contribution in [0.25, 0.3) is 0 Å². The molecule has 4 heteroatoms. The Kier molecular flexibility index (Phi) is 4.86. The number of likely N-dealkylation sites (tertiary alicyclic amines) is 1. The Hall–Kier alpha value is -1.39. The summed E-state index contributed by atoms with van der Waals surface area (Å²) < 4.78 is 0. The van der Waals surface area contributed by atoms with Crippen molar-refractivity contribution in [2.75, 3.05) is 31.5 Å². The number of nitrogens with one attached hydrogen (secondary N) is 2. The molecule has 2 saturated heterocycles. The number of benzene rings is 1. The summed E-state index contributed by atoms with van der Waals surface area (Å²) in [5, 5.41) is 6.73. The molecule has 4 rings (SSSR count). The van der Waals surface area contributed by atoms with Crippen LogP contribution in [0.2, 0.25) is 0 Å². The van der Waals surface area contributed by atoms with E-state index in [1.54, 1.807) is 0 Å². The Morgan fingerprint density at radius 3 is 2.75 bits per heavy atom. The molecule has 0 radical (unpaired) electrons. The van der Waals surface area contributed by atoms with E-state index in [4.69, 9.17) is 0 Å². The number of piperidine rings is 1. The highest BCUT2D eigenvalue weighted by atomic mass is 16.2. The summed E-state index contributed by atoms with van der Waals surface area (Å²) in [7, 11) is 0. The fourth-order valence-electron chi connectivity index (χ4n) is 4.68. The first-order valence-corrected chi connectivity index (χ1v) is 9.65. The van der Waals surface area contributed by atoms with Crippen LogP contribution < -0.4 is 10.6 Å². The topological polar surface area (TPSA) is 44.4 Å². The summed E-state index contributed by atoms with van der Waals surface area (Å²) in [4.78, 5) is 14.7. The summed E-state index contributed by atoms with van der Waals surface area (Å²) in [6.45, 7) is 3.83. The minimum absolute atomic E-state index is 0.130. The normalized spacial score (nSPS) is 24.9. The van der Waals surface area contributed by atoms with Crippen molar-refractivity contribution >= 4 is 11.6 Å². The number of carbonyl (C=O) groups is 1. The van der Waals surface area contributed by atoms with Gasteiger partial charge in [-0.3, -0.25) is 9.69 Å². The molecule has 0 saturated carbocycles. The molecular weight excluding hydrogens is 298 g/mol. The predicted octanol–water partition coefficient (Wildman–Crippen LogP) is 2.58. The molecule has 130 valence electrons. The van der Waals surface area contributed by atoms with E-state index in [0.717, 1.165) is 37.2 Å². The zero-order valence-corrected chi connectivity index (χ0v) is 14.5. The monoisotopic (exact) mass is 327 g/mol. The molecular formula is C20H29N3O. The van der Waals surface area contributed by atoms with Gasteiger partial charge in [-0.2, -0.15) is 0 Å². The maximum Gasteiger partial charge on any atom is 0.238 e. The molecule has 1 amide bonds. The Balaban J connectivity index is 1.25. The lowest BCUT2D eigenvalue weighted by atomic mass is 9.88. The Morgan fingerprint density at radius 2 is 1.96 bits per heavy atom. The van der Waals surface area contributed by atoms with Crippen LogP contribution in [0, 0.1) is 5.92 Å². The highest BCUT2D eigenvalue weighted by Gasteiger charge is 2.28. The number of rotatable bonds is 4. The van der Waals surface area contributed by atoms with Gasteiger partial charge in [0.05, 0.1) is 6.54 Å². The summed E-state index contributed by atoms with van der Waals surface area (Å²) in [5.74, 6) is 0.939. The number of hydrogen-bond acceptors (Lipinski definition) is 3. The molecule has 1 aliphatic carbocycles. The van der Waals surface area contributed by atoms with Crippen LogP contribution in [0.5, 0.6) is 0 Å². The van der Waals surface area contributed by atoms with Crippen LogP contribution in [0.1, 0.15) is 43.2 Å². The molecule has 3 aliphatic rings. The van der Waals surface area contributed by atoms with E-state index in [0.29, 0.717) is 6.54 Å². The van der Waals surface area contributed by atoms with Crippen LogP contribution in [0.3, 0.4) is 0 Å². The van der Waals surface area contributed by atoms with Crippen molar-refractivity contribution in [2.45, 2.75) is 51.0 Å². The average molecular weight is 327 g/mol. The van der Waals surface area contributed by atoms with Crippen molar-refractivity contribution in [3.05, 3.63) is 29.3 Å². The largest absolute Gasteiger partial charge is 0.325 e. The molecule has 1 aromatic carbocycles. The Bertz CT molecular complexity index is 587. The van der Waals surface area contributed by atoms with E-state index in [1.807, 2.05) is 0 Å². The van der Waals surface area contributed by atoms with Crippen LogP contribution >= 0.6 is 0 Å². The van der Waals surface area contributed by atoms with E-state index in [-0.39, 0.29) is 5.91 Å². The number of hydrogen-bond donors (Lipinski definition) is 2. The first-order chi connectivity index (χ1) is 11.8. The molecule has 4 nitrogen and oxygen atoms in total. The molecule has 24 heavy (non-hydrogen) atoms. The second-order valence-corrected chi connectivity index (χ2v) is 7.70. The number of carbonyl (C=O) groups excluding carboxylic acids is 1. The third kappa shape index (κ3) is 3.65. The summed E-state index contributed by atoms with van der Waals surface area (Å²) in [6.07, 6.45) is 8.71. The molecule has 2 N–H and O–H groups in total. The van der Waals surface area contributed by atoms with Crippen LogP contribution in [0.15, 0.2) is 18.2 Å². The van der Waals surface area contributed by atoms with Crippen molar-refractivity contribution in [3.8, 4) is 0 Å². The first kappa shape index (κ1) is 16.1. The minimum atomic E-state index is 0.130. The summed E-state index contributed by atoms with van der Waals surface area (Å²) in [5.41, 5.74) is 3.83. The highest BCUT2D eigenvalue weighted by Crippen LogP contribution is 2.26. The van der Waals surface area contributed by atoms with Crippen LogP contribution in [0.4, 0.5) is 5.69 Å². The average Bonchev–Trinajstić information content (AvgIpc) is 3.26.